The summed E-state index contributed by atoms with van der Waals surface area (Å²) in [5.41, 5.74) is 5.82. The number of piperidine rings is 2. The molecule has 0 bridgehead atoms. The second-order valence-corrected chi connectivity index (χ2v) is 16.3. The number of likely N-dealkylation sites (tertiary alicyclic amines) is 1. The van der Waals surface area contributed by atoms with E-state index in [-0.39, 0.29) is 29.2 Å². The number of nitriles is 1. The van der Waals surface area contributed by atoms with Gasteiger partial charge in [0.2, 0.25) is 11.8 Å². The molecule has 11 nitrogen and oxygen atoms in total. The first-order valence-electron chi connectivity index (χ1n) is 19.5. The van der Waals surface area contributed by atoms with Crippen LogP contribution in [-0.2, 0) is 9.59 Å². The summed E-state index contributed by atoms with van der Waals surface area (Å²) in [5.74, 6) is -0.355. The number of anilines is 4. The molecule has 0 aliphatic carbocycles. The van der Waals surface area contributed by atoms with E-state index in [1.54, 1.807) is 0 Å². The van der Waals surface area contributed by atoms with Crippen molar-refractivity contribution in [1.29, 1.82) is 5.26 Å². The van der Waals surface area contributed by atoms with Crippen molar-refractivity contribution in [3.05, 3.63) is 82.9 Å². The van der Waals surface area contributed by atoms with E-state index in [1.807, 2.05) is 47.4 Å². The Morgan fingerprint density at radius 3 is 2.33 bits per heavy atom. The van der Waals surface area contributed by atoms with Gasteiger partial charge in [-0.3, -0.25) is 24.6 Å². The quantitative estimate of drug-likeness (QED) is 0.295. The van der Waals surface area contributed by atoms with Crippen LogP contribution in [0.1, 0.15) is 61.4 Å². The number of piperazine rings is 1. The summed E-state index contributed by atoms with van der Waals surface area (Å²) >= 11 is 6.38. The number of rotatable bonds is 8. The summed E-state index contributed by atoms with van der Waals surface area (Å²) < 4.78 is 0. The zero-order valence-electron chi connectivity index (χ0n) is 31.0. The molecule has 282 valence electrons. The van der Waals surface area contributed by atoms with Crippen molar-refractivity contribution in [1.82, 2.24) is 15.1 Å². The Labute approximate surface area is 322 Å². The predicted molar refractivity (Wildman–Crippen MR) is 212 cm³/mol. The SMILES string of the molecule is C[C@H]1CC2(CCN(c3ccc(C(=O)N4CCC4CN4CCN(c5cccc(N[C@@H]6CCC(=O)NC6=O)c5)CC4)cc3)CC2)CN1c1ccc(C#N)c(Cl)c1. The third kappa shape index (κ3) is 7.46. The van der Waals surface area contributed by atoms with E-state index >= 15 is 0 Å². The molecule has 1 unspecified atom stereocenters. The number of nitrogens with one attached hydrogen (secondary N) is 2. The van der Waals surface area contributed by atoms with Crippen LogP contribution >= 0.6 is 11.6 Å². The first-order valence-corrected chi connectivity index (χ1v) is 19.8. The van der Waals surface area contributed by atoms with Gasteiger partial charge in [-0.1, -0.05) is 17.7 Å². The van der Waals surface area contributed by atoms with Crippen LogP contribution in [0.15, 0.2) is 66.7 Å². The summed E-state index contributed by atoms with van der Waals surface area (Å²) in [5, 5.41) is 15.5. The number of halogens is 1. The van der Waals surface area contributed by atoms with E-state index in [0.717, 1.165) is 107 Å². The summed E-state index contributed by atoms with van der Waals surface area (Å²) in [7, 11) is 0. The van der Waals surface area contributed by atoms with Gasteiger partial charge in [0.05, 0.1) is 10.6 Å². The van der Waals surface area contributed by atoms with Crippen LogP contribution in [0.3, 0.4) is 0 Å². The Kier molecular flexibility index (Phi) is 10.2. The van der Waals surface area contributed by atoms with Crippen LogP contribution in [-0.4, -0.2) is 105 Å². The molecular weight excluding hydrogens is 700 g/mol. The third-order valence-corrected chi connectivity index (χ3v) is 12.8. The zero-order chi connectivity index (χ0) is 37.4. The molecule has 3 amide bonds. The van der Waals surface area contributed by atoms with Crippen LogP contribution in [0, 0.1) is 16.7 Å². The molecule has 5 aliphatic rings. The van der Waals surface area contributed by atoms with Crippen LogP contribution in [0.2, 0.25) is 5.02 Å². The van der Waals surface area contributed by atoms with Gasteiger partial charge >= 0.3 is 0 Å². The topological polar surface area (TPSA) is 115 Å². The van der Waals surface area contributed by atoms with Crippen LogP contribution < -0.4 is 25.3 Å². The van der Waals surface area contributed by atoms with E-state index in [0.29, 0.717) is 29.5 Å². The Morgan fingerprint density at radius 1 is 0.907 bits per heavy atom. The first-order chi connectivity index (χ1) is 26.2. The maximum absolute atomic E-state index is 13.6. The molecule has 3 aromatic carbocycles. The van der Waals surface area contributed by atoms with E-state index in [4.69, 9.17) is 11.6 Å². The molecule has 1 spiro atoms. The van der Waals surface area contributed by atoms with Gasteiger partial charge in [-0.2, -0.15) is 5.26 Å². The number of hydrogen-bond donors (Lipinski definition) is 2. The van der Waals surface area contributed by atoms with Gasteiger partial charge in [0.1, 0.15) is 12.1 Å². The van der Waals surface area contributed by atoms with E-state index in [2.05, 4.69) is 67.5 Å². The van der Waals surface area contributed by atoms with Gasteiger partial charge < -0.3 is 24.9 Å². The number of amides is 3. The zero-order valence-corrected chi connectivity index (χ0v) is 31.7. The Morgan fingerprint density at radius 2 is 1.65 bits per heavy atom. The van der Waals surface area contributed by atoms with Crippen molar-refractivity contribution in [2.45, 2.75) is 63.6 Å². The molecule has 5 heterocycles. The van der Waals surface area contributed by atoms with Gasteiger partial charge in [-0.05, 0) is 105 Å². The highest BCUT2D eigenvalue weighted by Crippen LogP contribution is 2.46. The number of hydrogen-bond acceptors (Lipinski definition) is 9. The lowest BCUT2D eigenvalue weighted by molar-refractivity contribution is -0.133. The van der Waals surface area contributed by atoms with E-state index in [1.165, 1.54) is 5.69 Å². The van der Waals surface area contributed by atoms with Crippen LogP contribution in [0.25, 0.3) is 0 Å². The third-order valence-electron chi connectivity index (χ3n) is 12.5. The van der Waals surface area contributed by atoms with Gasteiger partial charge in [0.25, 0.3) is 5.91 Å². The average Bonchev–Trinajstić information content (AvgIpc) is 3.50. The van der Waals surface area contributed by atoms with E-state index < -0.39 is 6.04 Å². The van der Waals surface area contributed by atoms with Gasteiger partial charge in [0.15, 0.2) is 0 Å². The molecular formula is C42H49ClN8O3. The Hall–Kier alpha value is -4.79. The highest BCUT2D eigenvalue weighted by atomic mass is 35.5. The molecule has 8 rings (SSSR count). The predicted octanol–water partition coefficient (Wildman–Crippen LogP) is 5.35. The lowest BCUT2D eigenvalue weighted by atomic mass is 9.76. The fourth-order valence-corrected chi connectivity index (χ4v) is 9.45. The summed E-state index contributed by atoms with van der Waals surface area (Å²) in [6.45, 7) is 10.6. The molecule has 5 fully saturated rings. The summed E-state index contributed by atoms with van der Waals surface area (Å²) in [4.78, 5) is 49.2. The molecule has 0 aromatic heterocycles. The largest absolute Gasteiger partial charge is 0.374 e. The molecule has 54 heavy (non-hydrogen) atoms. The van der Waals surface area contributed by atoms with E-state index in [9.17, 15) is 19.6 Å². The van der Waals surface area contributed by atoms with Crippen molar-refractivity contribution >= 4 is 52.1 Å². The van der Waals surface area contributed by atoms with Gasteiger partial charge in [-0.25, -0.2) is 0 Å². The standard InChI is InChI=1S/C42H49ClN8O3/c1-29-25-42(28-51(29)35-10-7-31(26-44)37(43)24-35)14-17-48(18-15-42)33-8-5-30(6-9-33)41(54)50-16-13-36(50)27-47-19-21-49(22-20-47)34-4-2-3-32(23-34)45-38-11-12-39(52)46-40(38)53/h2-10,23-24,29,36,38,45H,11-22,25,27-28H2,1H3,(H,46,52,53)/t29-,36?,38+/m0/s1. The molecule has 2 N–H and O–H groups in total. The van der Waals surface area contributed by atoms with Crippen molar-refractivity contribution < 1.29 is 14.4 Å². The summed E-state index contributed by atoms with van der Waals surface area (Å²) in [6.07, 6.45) is 5.27. The highest BCUT2D eigenvalue weighted by molar-refractivity contribution is 6.32. The van der Waals surface area contributed by atoms with Crippen LogP contribution in [0.4, 0.5) is 22.7 Å². The second-order valence-electron chi connectivity index (χ2n) is 15.9. The minimum absolute atomic E-state index is 0.123. The monoisotopic (exact) mass is 748 g/mol. The Balaban J connectivity index is 0.798. The van der Waals surface area contributed by atoms with Crippen molar-refractivity contribution in [3.63, 3.8) is 0 Å². The lowest BCUT2D eigenvalue weighted by Crippen LogP contribution is -2.58. The number of benzene rings is 3. The molecule has 0 radical (unpaired) electrons. The fraction of sp³-hybridized carbons (Fsp3) is 0.476. The molecule has 12 heteroatoms. The number of nitrogens with zero attached hydrogens (tertiary/aromatic N) is 6. The maximum Gasteiger partial charge on any atom is 0.254 e. The smallest absolute Gasteiger partial charge is 0.254 e. The minimum Gasteiger partial charge on any atom is -0.374 e. The highest BCUT2D eigenvalue weighted by Gasteiger charge is 2.44. The molecule has 0 saturated carbocycles. The minimum atomic E-state index is -0.402. The number of imide groups is 1. The maximum atomic E-state index is 13.6. The lowest BCUT2D eigenvalue weighted by Gasteiger charge is -2.45. The normalized spacial score (nSPS) is 24.3. The number of carbonyl (C=O) groups is 3. The summed E-state index contributed by atoms with van der Waals surface area (Å²) in [6, 6.07) is 24.6. The Bertz CT molecular complexity index is 1930. The van der Waals surface area contributed by atoms with Gasteiger partial charge in [-0.15, -0.1) is 0 Å². The molecule has 3 aromatic rings. The van der Waals surface area contributed by atoms with Crippen molar-refractivity contribution in [2.24, 2.45) is 5.41 Å². The number of carbonyl (C=O) groups excluding carboxylic acids is 3. The van der Waals surface area contributed by atoms with Crippen LogP contribution in [0.5, 0.6) is 0 Å². The molecule has 3 atom stereocenters. The van der Waals surface area contributed by atoms with Crippen molar-refractivity contribution in [2.75, 3.05) is 78.9 Å². The van der Waals surface area contributed by atoms with Gasteiger partial charge in [0, 0.05) is 106 Å². The first kappa shape index (κ1) is 36.2. The van der Waals surface area contributed by atoms with Crippen molar-refractivity contribution in [3.8, 4) is 6.07 Å². The molecule has 5 saturated heterocycles. The fourth-order valence-electron chi connectivity index (χ4n) is 9.23. The second kappa shape index (κ2) is 15.2. The molecule has 5 aliphatic heterocycles. The average molecular weight is 749 g/mol.